The Balaban J connectivity index is 1.58. The minimum atomic E-state index is -0.152. The van der Waals surface area contributed by atoms with Crippen LogP contribution in [0.2, 0.25) is 5.02 Å². The predicted octanol–water partition coefficient (Wildman–Crippen LogP) is 6.62. The van der Waals surface area contributed by atoms with Gasteiger partial charge in [-0.2, -0.15) is 0 Å². The Hall–Kier alpha value is -3.09. The summed E-state index contributed by atoms with van der Waals surface area (Å²) in [5.74, 6) is 0.489. The maximum Gasteiger partial charge on any atom is 0.266 e. The van der Waals surface area contributed by atoms with Gasteiger partial charge in [-0.3, -0.25) is 14.2 Å². The molecule has 1 N–H and O–H groups in total. The van der Waals surface area contributed by atoms with Crippen molar-refractivity contribution < 1.29 is 4.79 Å². The highest BCUT2D eigenvalue weighted by Crippen LogP contribution is 2.27. The largest absolute Gasteiger partial charge is 0.349 e. The molecule has 1 saturated carbocycles. The molecule has 5 nitrogen and oxygen atoms in total. The molecule has 0 aliphatic heterocycles. The number of fused-ring (bicyclic) bond motifs is 1. The van der Waals surface area contributed by atoms with E-state index < -0.39 is 0 Å². The van der Waals surface area contributed by atoms with Crippen molar-refractivity contribution in [1.29, 1.82) is 0 Å². The van der Waals surface area contributed by atoms with Gasteiger partial charge in [0, 0.05) is 22.4 Å². The van der Waals surface area contributed by atoms with E-state index in [1.165, 1.54) is 11.8 Å². The fourth-order valence-electron chi connectivity index (χ4n) is 4.82. The van der Waals surface area contributed by atoms with Gasteiger partial charge in [-0.15, -0.1) is 0 Å². The fourth-order valence-corrected chi connectivity index (χ4v) is 5.99. The van der Waals surface area contributed by atoms with Crippen molar-refractivity contribution in [3.63, 3.8) is 0 Å². The van der Waals surface area contributed by atoms with E-state index in [2.05, 4.69) is 11.4 Å². The number of halogens is 1. The molecule has 0 spiro atoms. The number of aryl methyl sites for hydroxylation is 2. The lowest BCUT2D eigenvalue weighted by Crippen LogP contribution is -2.32. The van der Waals surface area contributed by atoms with E-state index in [0.717, 1.165) is 48.1 Å². The van der Waals surface area contributed by atoms with Crippen LogP contribution in [-0.2, 0) is 5.75 Å². The first-order valence-electron chi connectivity index (χ1n) is 12.2. The van der Waals surface area contributed by atoms with Gasteiger partial charge in [0.25, 0.3) is 11.5 Å². The number of amides is 1. The summed E-state index contributed by atoms with van der Waals surface area (Å²) in [7, 11) is 0. The molecule has 4 aromatic rings. The highest BCUT2D eigenvalue weighted by molar-refractivity contribution is 7.98. The minimum Gasteiger partial charge on any atom is -0.349 e. The van der Waals surface area contributed by atoms with E-state index in [4.69, 9.17) is 16.6 Å². The third kappa shape index (κ3) is 5.35. The number of hydrogen-bond donors (Lipinski definition) is 1. The fraction of sp³-hybridized carbons (Fsp3) is 0.276. The minimum absolute atomic E-state index is 0.114. The monoisotopic (exact) mass is 517 g/mol. The van der Waals surface area contributed by atoms with Crippen molar-refractivity contribution in [2.45, 2.75) is 56.5 Å². The predicted molar refractivity (Wildman–Crippen MR) is 148 cm³/mol. The summed E-state index contributed by atoms with van der Waals surface area (Å²) in [6.45, 7) is 4.04. The Kier molecular flexibility index (Phi) is 7.17. The average molecular weight is 518 g/mol. The number of carbonyl (C=O) groups is 1. The Labute approximate surface area is 219 Å². The molecule has 0 saturated heterocycles. The van der Waals surface area contributed by atoms with Crippen molar-refractivity contribution in [2.24, 2.45) is 0 Å². The molecule has 0 atom stereocenters. The summed E-state index contributed by atoms with van der Waals surface area (Å²) in [6, 6.07) is 19.1. The van der Waals surface area contributed by atoms with Gasteiger partial charge in [0.15, 0.2) is 5.16 Å². The first kappa shape index (κ1) is 24.6. The molecule has 1 aliphatic rings. The van der Waals surface area contributed by atoms with E-state index in [0.29, 0.717) is 32.4 Å². The molecule has 1 aliphatic carbocycles. The molecule has 3 aromatic carbocycles. The number of aromatic nitrogens is 2. The highest BCUT2D eigenvalue weighted by Gasteiger charge is 2.20. The van der Waals surface area contributed by atoms with Crippen LogP contribution in [0.15, 0.2) is 70.6 Å². The van der Waals surface area contributed by atoms with E-state index in [-0.39, 0.29) is 17.5 Å². The van der Waals surface area contributed by atoms with Gasteiger partial charge in [-0.1, -0.05) is 54.4 Å². The van der Waals surface area contributed by atoms with Gasteiger partial charge in [0.1, 0.15) is 0 Å². The molecule has 5 rings (SSSR count). The lowest BCUT2D eigenvalue weighted by Gasteiger charge is -2.16. The number of benzene rings is 3. The maximum atomic E-state index is 13.8. The molecule has 1 heterocycles. The number of nitrogens with zero attached hydrogens (tertiary/aromatic N) is 2. The molecule has 7 heteroatoms. The van der Waals surface area contributed by atoms with Gasteiger partial charge in [-0.25, -0.2) is 4.98 Å². The standard InChI is InChI=1S/C29H28ClN3O2S/c1-18-12-19(2)14-24(13-18)33-28(35)25-11-10-21(27(34)31-23-8-3-4-9-23)16-26(25)32-29(33)36-17-20-6-5-7-22(30)15-20/h5-7,10-16,23H,3-4,8-9,17H2,1-2H3,(H,31,34). The topological polar surface area (TPSA) is 64.0 Å². The maximum absolute atomic E-state index is 13.8. The van der Waals surface area contributed by atoms with Crippen molar-refractivity contribution in [2.75, 3.05) is 0 Å². The zero-order chi connectivity index (χ0) is 25.2. The van der Waals surface area contributed by atoms with Crippen molar-refractivity contribution in [1.82, 2.24) is 14.9 Å². The summed E-state index contributed by atoms with van der Waals surface area (Å²) >= 11 is 7.66. The zero-order valence-electron chi connectivity index (χ0n) is 20.4. The molecule has 36 heavy (non-hydrogen) atoms. The van der Waals surface area contributed by atoms with Crippen LogP contribution in [0.4, 0.5) is 0 Å². The first-order chi connectivity index (χ1) is 17.4. The van der Waals surface area contributed by atoms with Gasteiger partial charge >= 0.3 is 0 Å². The summed E-state index contributed by atoms with van der Waals surface area (Å²) in [4.78, 5) is 31.6. The highest BCUT2D eigenvalue weighted by atomic mass is 35.5. The van der Waals surface area contributed by atoms with Crippen LogP contribution in [0.1, 0.15) is 52.7 Å². The summed E-state index contributed by atoms with van der Waals surface area (Å²) < 4.78 is 1.68. The Morgan fingerprint density at radius 1 is 1.06 bits per heavy atom. The molecule has 1 fully saturated rings. The number of nitrogens with one attached hydrogen (secondary N) is 1. The Morgan fingerprint density at radius 3 is 2.53 bits per heavy atom. The smallest absolute Gasteiger partial charge is 0.266 e. The van der Waals surface area contributed by atoms with Crippen LogP contribution < -0.4 is 10.9 Å². The van der Waals surface area contributed by atoms with Crippen LogP contribution in [0, 0.1) is 13.8 Å². The van der Waals surface area contributed by atoms with E-state index in [9.17, 15) is 9.59 Å². The summed E-state index contributed by atoms with van der Waals surface area (Å²) in [5.41, 5.74) is 4.86. The Morgan fingerprint density at radius 2 is 1.81 bits per heavy atom. The van der Waals surface area contributed by atoms with E-state index in [1.54, 1.807) is 22.8 Å². The molecule has 0 radical (unpaired) electrons. The van der Waals surface area contributed by atoms with Crippen molar-refractivity contribution >= 4 is 40.2 Å². The SMILES string of the molecule is Cc1cc(C)cc(-n2c(SCc3cccc(Cl)c3)nc3cc(C(=O)NC4CCCC4)ccc3c2=O)c1. The molecule has 0 bridgehead atoms. The molecular weight excluding hydrogens is 490 g/mol. The Bertz CT molecular complexity index is 1490. The van der Waals surface area contributed by atoms with Crippen LogP contribution in [0.3, 0.4) is 0 Å². The molecule has 1 aromatic heterocycles. The van der Waals surface area contributed by atoms with Crippen LogP contribution in [0.25, 0.3) is 16.6 Å². The van der Waals surface area contributed by atoms with E-state index >= 15 is 0 Å². The average Bonchev–Trinajstić information content (AvgIpc) is 3.35. The van der Waals surface area contributed by atoms with Crippen LogP contribution in [0.5, 0.6) is 0 Å². The van der Waals surface area contributed by atoms with Gasteiger partial charge in [-0.05, 0) is 85.8 Å². The number of thioether (sulfide) groups is 1. The quantitative estimate of drug-likeness (QED) is 0.230. The van der Waals surface area contributed by atoms with Gasteiger partial charge in [0.05, 0.1) is 16.6 Å². The third-order valence-corrected chi connectivity index (χ3v) is 7.76. The molecule has 0 unspecified atom stereocenters. The molecule has 184 valence electrons. The third-order valence-electron chi connectivity index (χ3n) is 6.51. The van der Waals surface area contributed by atoms with Gasteiger partial charge < -0.3 is 5.32 Å². The molecular formula is C29H28ClN3O2S. The lowest BCUT2D eigenvalue weighted by molar-refractivity contribution is 0.0938. The number of hydrogen-bond acceptors (Lipinski definition) is 4. The zero-order valence-corrected chi connectivity index (χ0v) is 22.0. The summed E-state index contributed by atoms with van der Waals surface area (Å²) in [5, 5.41) is 4.85. The molecule has 1 amide bonds. The second-order valence-electron chi connectivity index (χ2n) is 9.49. The number of rotatable bonds is 6. The van der Waals surface area contributed by atoms with Crippen LogP contribution >= 0.6 is 23.4 Å². The van der Waals surface area contributed by atoms with Crippen molar-refractivity contribution in [3.8, 4) is 5.69 Å². The number of carbonyl (C=O) groups excluding carboxylic acids is 1. The second kappa shape index (κ2) is 10.5. The summed E-state index contributed by atoms with van der Waals surface area (Å²) in [6.07, 6.45) is 4.33. The van der Waals surface area contributed by atoms with Crippen molar-refractivity contribution in [3.05, 3.63) is 98.3 Å². The first-order valence-corrected chi connectivity index (χ1v) is 13.6. The normalized spacial score (nSPS) is 13.9. The second-order valence-corrected chi connectivity index (χ2v) is 10.9. The van der Waals surface area contributed by atoms with Crippen LogP contribution in [-0.4, -0.2) is 21.5 Å². The lowest BCUT2D eigenvalue weighted by atomic mass is 10.1. The van der Waals surface area contributed by atoms with E-state index in [1.807, 2.05) is 50.2 Å². The van der Waals surface area contributed by atoms with Gasteiger partial charge in [0.2, 0.25) is 0 Å².